The van der Waals surface area contributed by atoms with Crippen molar-refractivity contribution in [3.05, 3.63) is 93.0 Å². The van der Waals surface area contributed by atoms with Crippen LogP contribution in [0.3, 0.4) is 0 Å². The highest BCUT2D eigenvalue weighted by molar-refractivity contribution is 6.06. The quantitative estimate of drug-likeness (QED) is 0.512. The molecule has 3 aromatic rings. The van der Waals surface area contributed by atoms with E-state index < -0.39 is 11.8 Å². The first kappa shape index (κ1) is 21.8. The lowest BCUT2D eigenvalue weighted by Gasteiger charge is -2.09. The molecule has 0 aliphatic rings. The lowest BCUT2D eigenvalue weighted by atomic mass is 10.1. The molecule has 8 nitrogen and oxygen atoms in total. The van der Waals surface area contributed by atoms with Gasteiger partial charge in [0.15, 0.2) is 5.82 Å². The first-order valence-corrected chi connectivity index (χ1v) is 9.82. The maximum Gasteiger partial charge on any atom is 0.257 e. The number of carbonyl (C=O) groups excluding carboxylic acids is 2. The summed E-state index contributed by atoms with van der Waals surface area (Å²) in [6, 6.07) is 11.5. The molecule has 31 heavy (non-hydrogen) atoms. The van der Waals surface area contributed by atoms with Crippen LogP contribution in [0.5, 0.6) is 0 Å². The molecule has 1 aromatic carbocycles. The van der Waals surface area contributed by atoms with Gasteiger partial charge in [-0.1, -0.05) is 36.9 Å². The number of nitrogens with zero attached hydrogens (tertiary/aromatic N) is 2. The number of anilines is 1. The molecule has 3 rings (SSSR count). The van der Waals surface area contributed by atoms with E-state index in [0.717, 1.165) is 22.9 Å². The molecule has 0 radical (unpaired) electrons. The highest BCUT2D eigenvalue weighted by atomic mass is 16.2. The van der Waals surface area contributed by atoms with Gasteiger partial charge in [-0.2, -0.15) is 5.10 Å². The highest BCUT2D eigenvalue weighted by Crippen LogP contribution is 2.20. The molecule has 0 aliphatic carbocycles. The van der Waals surface area contributed by atoms with Crippen LogP contribution in [-0.2, 0) is 17.9 Å². The van der Waals surface area contributed by atoms with Gasteiger partial charge in [0, 0.05) is 17.8 Å². The van der Waals surface area contributed by atoms with Gasteiger partial charge in [-0.15, -0.1) is 0 Å². The van der Waals surface area contributed by atoms with Crippen molar-refractivity contribution in [2.75, 3.05) is 5.32 Å². The van der Waals surface area contributed by atoms with Crippen LogP contribution in [0.1, 0.15) is 38.4 Å². The second-order valence-corrected chi connectivity index (χ2v) is 7.27. The van der Waals surface area contributed by atoms with Crippen molar-refractivity contribution in [1.82, 2.24) is 20.1 Å². The van der Waals surface area contributed by atoms with Gasteiger partial charge in [-0.25, -0.2) is 0 Å². The summed E-state index contributed by atoms with van der Waals surface area (Å²) in [5, 5.41) is 9.80. The minimum Gasteiger partial charge on any atom is -0.348 e. The maximum absolute atomic E-state index is 13.0. The number of amides is 2. The number of carbonyl (C=O) groups is 2. The fourth-order valence-electron chi connectivity index (χ4n) is 3.34. The Balaban J connectivity index is 1.90. The molecule has 2 heterocycles. The Morgan fingerprint density at radius 3 is 2.55 bits per heavy atom. The summed E-state index contributed by atoms with van der Waals surface area (Å²) >= 11 is 0. The van der Waals surface area contributed by atoms with E-state index >= 15 is 0 Å². The number of rotatable bonds is 7. The van der Waals surface area contributed by atoms with Crippen LogP contribution in [-0.4, -0.2) is 26.6 Å². The van der Waals surface area contributed by atoms with Gasteiger partial charge < -0.3 is 15.6 Å². The van der Waals surface area contributed by atoms with Crippen molar-refractivity contribution in [3.8, 4) is 0 Å². The first-order valence-electron chi connectivity index (χ1n) is 9.82. The van der Waals surface area contributed by atoms with Crippen molar-refractivity contribution >= 4 is 17.6 Å². The first-order chi connectivity index (χ1) is 14.8. The van der Waals surface area contributed by atoms with E-state index in [1.54, 1.807) is 18.5 Å². The van der Waals surface area contributed by atoms with E-state index in [1.807, 2.05) is 43.3 Å². The Bertz CT molecular complexity index is 1190. The second-order valence-electron chi connectivity index (χ2n) is 7.27. The Morgan fingerprint density at radius 2 is 1.90 bits per heavy atom. The van der Waals surface area contributed by atoms with Gasteiger partial charge >= 0.3 is 0 Å². The molecular formula is C23H25N5O3. The molecule has 0 aliphatic heterocycles. The molecule has 0 atom stereocenters. The summed E-state index contributed by atoms with van der Waals surface area (Å²) in [4.78, 5) is 39.9. The lowest BCUT2D eigenvalue weighted by Crippen LogP contribution is -2.29. The summed E-state index contributed by atoms with van der Waals surface area (Å²) in [5.74, 6) is -0.759. The average Bonchev–Trinajstić information content (AvgIpc) is 3.02. The Hall–Kier alpha value is -3.94. The third kappa shape index (κ3) is 4.98. The third-order valence-electron chi connectivity index (χ3n) is 4.96. The predicted molar refractivity (Wildman–Crippen MR) is 119 cm³/mol. The van der Waals surface area contributed by atoms with E-state index in [2.05, 4.69) is 27.3 Å². The summed E-state index contributed by atoms with van der Waals surface area (Å²) in [5.41, 5.74) is 3.62. The van der Waals surface area contributed by atoms with E-state index in [0.29, 0.717) is 17.8 Å². The number of H-pyrrole nitrogens is 1. The summed E-state index contributed by atoms with van der Waals surface area (Å²) in [6.45, 7) is 9.32. The monoisotopic (exact) mass is 419 g/mol. The van der Waals surface area contributed by atoms with E-state index in [1.165, 1.54) is 0 Å². The van der Waals surface area contributed by atoms with Gasteiger partial charge in [0.1, 0.15) is 5.56 Å². The third-order valence-corrected chi connectivity index (χ3v) is 4.96. The number of nitrogens with one attached hydrogen (secondary N) is 3. The molecule has 0 bridgehead atoms. The van der Waals surface area contributed by atoms with Crippen LogP contribution in [0, 0.1) is 20.8 Å². The molecule has 0 unspecified atom stereocenters. The SMILES string of the molecule is C=CC(=O)Nc1nn(Cc2ccccc2)c(C)c1C(=O)NCc1c(C)cc(C)[nH]c1=O. The van der Waals surface area contributed by atoms with E-state index in [4.69, 9.17) is 0 Å². The molecule has 2 amide bonds. The Kier molecular flexibility index (Phi) is 6.49. The molecule has 2 aromatic heterocycles. The molecule has 3 N–H and O–H groups in total. The number of aromatic nitrogens is 3. The number of benzene rings is 1. The van der Waals surface area contributed by atoms with Gasteiger partial charge in [0.05, 0.1) is 12.2 Å². The average molecular weight is 419 g/mol. The van der Waals surface area contributed by atoms with Crippen molar-refractivity contribution < 1.29 is 9.59 Å². The second kappa shape index (κ2) is 9.25. The number of hydrogen-bond donors (Lipinski definition) is 3. The van der Waals surface area contributed by atoms with Crippen molar-refractivity contribution in [1.29, 1.82) is 0 Å². The van der Waals surface area contributed by atoms with Crippen LogP contribution in [0.2, 0.25) is 0 Å². The van der Waals surface area contributed by atoms with Crippen LogP contribution >= 0.6 is 0 Å². The lowest BCUT2D eigenvalue weighted by molar-refractivity contribution is -0.111. The molecule has 160 valence electrons. The van der Waals surface area contributed by atoms with Crippen LogP contribution < -0.4 is 16.2 Å². The minimum absolute atomic E-state index is 0.0540. The number of aromatic amines is 1. The normalized spacial score (nSPS) is 10.5. The van der Waals surface area contributed by atoms with Gasteiger partial charge in [0.2, 0.25) is 5.91 Å². The standard InChI is InChI=1S/C23H25N5O3/c1-5-19(29)26-21-20(16(4)28(27-21)13-17-9-7-6-8-10-17)23(31)24-12-18-14(2)11-15(3)25-22(18)30/h5-11H,1,12-13H2,2-4H3,(H,24,31)(H,25,30)(H,26,27,29). The fraction of sp³-hybridized carbons (Fsp3) is 0.217. The number of aryl methyl sites for hydroxylation is 2. The van der Waals surface area contributed by atoms with Crippen LogP contribution in [0.15, 0.2) is 53.8 Å². The topological polar surface area (TPSA) is 109 Å². The predicted octanol–water partition coefficient (Wildman–Crippen LogP) is 2.60. The van der Waals surface area contributed by atoms with Crippen molar-refractivity contribution in [2.24, 2.45) is 0 Å². The molecule has 0 fully saturated rings. The van der Waals surface area contributed by atoms with Crippen LogP contribution in [0.25, 0.3) is 0 Å². The fourth-order valence-corrected chi connectivity index (χ4v) is 3.34. The Morgan fingerprint density at radius 1 is 1.19 bits per heavy atom. The van der Waals surface area contributed by atoms with Gasteiger partial charge in [0.25, 0.3) is 11.5 Å². The summed E-state index contributed by atoms with van der Waals surface area (Å²) < 4.78 is 1.66. The smallest absolute Gasteiger partial charge is 0.257 e. The minimum atomic E-state index is -0.468. The molecule has 8 heteroatoms. The molecule has 0 saturated carbocycles. The maximum atomic E-state index is 13.0. The summed E-state index contributed by atoms with van der Waals surface area (Å²) in [7, 11) is 0. The molecule has 0 saturated heterocycles. The van der Waals surface area contributed by atoms with E-state index in [9.17, 15) is 14.4 Å². The van der Waals surface area contributed by atoms with E-state index in [-0.39, 0.29) is 23.5 Å². The highest BCUT2D eigenvalue weighted by Gasteiger charge is 2.23. The molecular weight excluding hydrogens is 394 g/mol. The zero-order valence-corrected chi connectivity index (χ0v) is 17.8. The number of hydrogen-bond acceptors (Lipinski definition) is 4. The van der Waals surface area contributed by atoms with Gasteiger partial charge in [-0.05, 0) is 44.0 Å². The van der Waals surface area contributed by atoms with Gasteiger partial charge in [-0.3, -0.25) is 19.1 Å². The van der Waals surface area contributed by atoms with Crippen LogP contribution in [0.4, 0.5) is 5.82 Å². The summed E-state index contributed by atoms with van der Waals surface area (Å²) in [6.07, 6.45) is 1.11. The zero-order chi connectivity index (χ0) is 22.5. The zero-order valence-electron chi connectivity index (χ0n) is 17.8. The van der Waals surface area contributed by atoms with Crippen molar-refractivity contribution in [2.45, 2.75) is 33.9 Å². The van der Waals surface area contributed by atoms with Crippen molar-refractivity contribution in [3.63, 3.8) is 0 Å². The molecule has 0 spiro atoms. The largest absolute Gasteiger partial charge is 0.348 e. The Labute approximate surface area is 180 Å². The number of pyridine rings is 1.